The van der Waals surface area contributed by atoms with E-state index in [2.05, 4.69) is 37.2 Å². The summed E-state index contributed by atoms with van der Waals surface area (Å²) in [7, 11) is 0. The van der Waals surface area contributed by atoms with Gasteiger partial charge in [0.2, 0.25) is 0 Å². The maximum atomic E-state index is 10.8. The SMILES string of the molecule is O=[N+]([O-])c1cccc(CNc2cccc(Br)c2)c1Br. The Morgan fingerprint density at radius 2 is 1.89 bits per heavy atom. The molecular weight excluding hydrogens is 376 g/mol. The van der Waals surface area contributed by atoms with Crippen LogP contribution in [0.15, 0.2) is 51.4 Å². The fraction of sp³-hybridized carbons (Fsp3) is 0.0769. The summed E-state index contributed by atoms with van der Waals surface area (Å²) in [5.41, 5.74) is 1.87. The Morgan fingerprint density at radius 3 is 2.58 bits per heavy atom. The zero-order chi connectivity index (χ0) is 13.8. The highest BCUT2D eigenvalue weighted by molar-refractivity contribution is 9.11. The molecule has 0 bridgehead atoms. The predicted molar refractivity (Wildman–Crippen MR) is 82.3 cm³/mol. The van der Waals surface area contributed by atoms with Crippen LogP contribution in [0.3, 0.4) is 0 Å². The average Bonchev–Trinajstić information content (AvgIpc) is 2.37. The van der Waals surface area contributed by atoms with Crippen LogP contribution in [-0.4, -0.2) is 4.92 Å². The highest BCUT2D eigenvalue weighted by Gasteiger charge is 2.14. The molecule has 0 saturated carbocycles. The molecule has 6 heteroatoms. The third-order valence-corrected chi connectivity index (χ3v) is 3.97. The van der Waals surface area contributed by atoms with Gasteiger partial charge in [-0.25, -0.2) is 0 Å². The number of nitro benzene ring substituents is 1. The van der Waals surface area contributed by atoms with Crippen LogP contribution in [0.25, 0.3) is 0 Å². The second-order valence-corrected chi connectivity index (χ2v) is 5.58. The van der Waals surface area contributed by atoms with Crippen LogP contribution in [0.2, 0.25) is 0 Å². The number of nitro groups is 1. The van der Waals surface area contributed by atoms with Gasteiger partial charge in [0.25, 0.3) is 5.69 Å². The molecule has 2 aromatic rings. The van der Waals surface area contributed by atoms with Crippen molar-refractivity contribution in [2.45, 2.75) is 6.54 Å². The summed E-state index contributed by atoms with van der Waals surface area (Å²) in [6.45, 7) is 0.513. The molecule has 0 radical (unpaired) electrons. The Morgan fingerprint density at radius 1 is 1.16 bits per heavy atom. The number of benzene rings is 2. The predicted octanol–water partition coefficient (Wildman–Crippen LogP) is 4.73. The van der Waals surface area contributed by atoms with Gasteiger partial charge in [-0.05, 0) is 39.7 Å². The van der Waals surface area contributed by atoms with E-state index < -0.39 is 4.92 Å². The van der Waals surface area contributed by atoms with E-state index in [-0.39, 0.29) is 5.69 Å². The van der Waals surface area contributed by atoms with E-state index in [9.17, 15) is 10.1 Å². The van der Waals surface area contributed by atoms with Gasteiger partial charge in [0.05, 0.1) is 4.92 Å². The molecule has 0 heterocycles. The van der Waals surface area contributed by atoms with E-state index in [4.69, 9.17) is 0 Å². The molecule has 19 heavy (non-hydrogen) atoms. The molecule has 0 saturated heterocycles. The maximum Gasteiger partial charge on any atom is 0.283 e. The van der Waals surface area contributed by atoms with Crippen LogP contribution >= 0.6 is 31.9 Å². The lowest BCUT2D eigenvalue weighted by Crippen LogP contribution is -2.01. The Balaban J connectivity index is 2.16. The Bertz CT molecular complexity index is 617. The van der Waals surface area contributed by atoms with Gasteiger partial charge in [-0.3, -0.25) is 10.1 Å². The lowest BCUT2D eigenvalue weighted by atomic mass is 10.2. The fourth-order valence-electron chi connectivity index (χ4n) is 1.64. The van der Waals surface area contributed by atoms with Gasteiger partial charge >= 0.3 is 0 Å². The number of halogens is 2. The normalized spacial score (nSPS) is 10.2. The first-order valence-corrected chi connectivity index (χ1v) is 7.08. The van der Waals surface area contributed by atoms with Crippen molar-refractivity contribution in [3.63, 3.8) is 0 Å². The number of hydrogen-bond acceptors (Lipinski definition) is 3. The van der Waals surface area contributed by atoms with Gasteiger partial charge in [-0.15, -0.1) is 0 Å². The maximum absolute atomic E-state index is 10.8. The molecule has 4 nitrogen and oxygen atoms in total. The summed E-state index contributed by atoms with van der Waals surface area (Å²) in [5.74, 6) is 0. The van der Waals surface area contributed by atoms with Gasteiger partial charge in [0.1, 0.15) is 4.47 Å². The second kappa shape index (κ2) is 6.16. The van der Waals surface area contributed by atoms with Crippen molar-refractivity contribution in [3.05, 3.63) is 67.1 Å². The molecule has 1 N–H and O–H groups in total. The summed E-state index contributed by atoms with van der Waals surface area (Å²) in [6, 6.07) is 12.8. The first-order chi connectivity index (χ1) is 9.08. The first-order valence-electron chi connectivity index (χ1n) is 5.49. The number of hydrogen-bond donors (Lipinski definition) is 1. The molecule has 0 spiro atoms. The monoisotopic (exact) mass is 384 g/mol. The molecule has 2 aromatic carbocycles. The molecule has 0 amide bonds. The lowest BCUT2D eigenvalue weighted by molar-refractivity contribution is -0.385. The molecule has 0 atom stereocenters. The number of nitrogens with one attached hydrogen (secondary N) is 1. The quantitative estimate of drug-likeness (QED) is 0.611. The third-order valence-electron chi connectivity index (χ3n) is 2.56. The van der Waals surface area contributed by atoms with Crippen molar-refractivity contribution >= 4 is 43.2 Å². The molecule has 98 valence electrons. The molecule has 0 unspecified atom stereocenters. The summed E-state index contributed by atoms with van der Waals surface area (Å²) in [4.78, 5) is 10.4. The van der Waals surface area contributed by atoms with E-state index in [0.29, 0.717) is 11.0 Å². The lowest BCUT2D eigenvalue weighted by Gasteiger charge is -2.08. The summed E-state index contributed by atoms with van der Waals surface area (Å²) >= 11 is 6.67. The smallest absolute Gasteiger partial charge is 0.283 e. The molecule has 0 aliphatic carbocycles. The topological polar surface area (TPSA) is 55.2 Å². The van der Waals surface area contributed by atoms with Gasteiger partial charge < -0.3 is 5.32 Å². The van der Waals surface area contributed by atoms with Gasteiger partial charge in [0, 0.05) is 22.8 Å². The fourth-order valence-corrected chi connectivity index (χ4v) is 2.59. The minimum absolute atomic E-state index is 0.0774. The van der Waals surface area contributed by atoms with Crippen molar-refractivity contribution in [2.24, 2.45) is 0 Å². The summed E-state index contributed by atoms with van der Waals surface area (Å²) < 4.78 is 1.50. The van der Waals surface area contributed by atoms with Gasteiger partial charge in [-0.2, -0.15) is 0 Å². The minimum Gasteiger partial charge on any atom is -0.381 e. The van der Waals surface area contributed by atoms with E-state index in [1.165, 1.54) is 6.07 Å². The average molecular weight is 386 g/mol. The van der Waals surface area contributed by atoms with Crippen LogP contribution in [-0.2, 0) is 6.54 Å². The van der Waals surface area contributed by atoms with E-state index in [1.54, 1.807) is 6.07 Å². The van der Waals surface area contributed by atoms with Crippen LogP contribution in [0.4, 0.5) is 11.4 Å². The minimum atomic E-state index is -0.396. The van der Waals surface area contributed by atoms with Crippen molar-refractivity contribution in [2.75, 3.05) is 5.32 Å². The largest absolute Gasteiger partial charge is 0.381 e. The Kier molecular flexibility index (Phi) is 4.55. The number of nitrogens with zero attached hydrogens (tertiary/aromatic N) is 1. The number of rotatable bonds is 4. The van der Waals surface area contributed by atoms with Crippen LogP contribution < -0.4 is 5.32 Å². The highest BCUT2D eigenvalue weighted by Crippen LogP contribution is 2.28. The first kappa shape index (κ1) is 14.0. The Labute approximate surface area is 127 Å². The van der Waals surface area contributed by atoms with Gasteiger partial charge in [-0.1, -0.05) is 34.1 Å². The van der Waals surface area contributed by atoms with E-state index >= 15 is 0 Å². The molecule has 0 aliphatic rings. The number of anilines is 1. The van der Waals surface area contributed by atoms with Crippen LogP contribution in [0.1, 0.15) is 5.56 Å². The summed E-state index contributed by atoms with van der Waals surface area (Å²) in [6.07, 6.45) is 0. The zero-order valence-corrected chi connectivity index (χ0v) is 12.9. The zero-order valence-electron chi connectivity index (χ0n) is 9.77. The molecular formula is C13H10Br2N2O2. The van der Waals surface area contributed by atoms with Crippen LogP contribution in [0.5, 0.6) is 0 Å². The van der Waals surface area contributed by atoms with E-state index in [0.717, 1.165) is 15.7 Å². The molecule has 0 fully saturated rings. The van der Waals surface area contributed by atoms with E-state index in [1.807, 2.05) is 30.3 Å². The molecule has 0 aliphatic heterocycles. The van der Waals surface area contributed by atoms with Crippen molar-refractivity contribution < 1.29 is 4.92 Å². The van der Waals surface area contributed by atoms with Crippen molar-refractivity contribution in [1.29, 1.82) is 0 Å². The van der Waals surface area contributed by atoms with Crippen molar-refractivity contribution in [1.82, 2.24) is 0 Å². The third kappa shape index (κ3) is 3.54. The Hall–Kier alpha value is -1.40. The molecule has 2 rings (SSSR count). The summed E-state index contributed by atoms with van der Waals surface area (Å²) in [5, 5.41) is 14.1. The van der Waals surface area contributed by atoms with Crippen LogP contribution in [0, 0.1) is 10.1 Å². The highest BCUT2D eigenvalue weighted by atomic mass is 79.9. The molecule has 0 aromatic heterocycles. The second-order valence-electron chi connectivity index (χ2n) is 3.87. The van der Waals surface area contributed by atoms with Crippen molar-refractivity contribution in [3.8, 4) is 0 Å². The standard InChI is InChI=1S/C13H10Br2N2O2/c14-10-4-2-5-11(7-10)16-8-9-3-1-6-12(13(9)15)17(18)19/h1-7,16H,8H2. The van der Waals surface area contributed by atoms with Gasteiger partial charge in [0.15, 0.2) is 0 Å².